The van der Waals surface area contributed by atoms with Gasteiger partial charge < -0.3 is 9.84 Å². The first-order valence-corrected chi connectivity index (χ1v) is 13.7. The maximum absolute atomic E-state index is 11.8. The van der Waals surface area contributed by atoms with Gasteiger partial charge in [0.1, 0.15) is 0 Å². The SMILES string of the molecule is CCCCCCCCCCOC(=O)CCCCCCCC=CC[C@H](O)CCCCCC. The zero-order chi connectivity index (χ0) is 22.8. The first-order valence-electron chi connectivity index (χ1n) is 13.7. The van der Waals surface area contributed by atoms with E-state index in [-0.39, 0.29) is 12.1 Å². The van der Waals surface area contributed by atoms with Crippen molar-refractivity contribution in [2.24, 2.45) is 0 Å². The van der Waals surface area contributed by atoms with Crippen molar-refractivity contribution in [3.8, 4) is 0 Å². The molecule has 0 bridgehead atoms. The van der Waals surface area contributed by atoms with Crippen molar-refractivity contribution in [2.45, 2.75) is 155 Å². The summed E-state index contributed by atoms with van der Waals surface area (Å²) < 4.78 is 5.35. The Hall–Kier alpha value is -0.830. The first-order chi connectivity index (χ1) is 15.2. The summed E-state index contributed by atoms with van der Waals surface area (Å²) >= 11 is 0. The summed E-state index contributed by atoms with van der Waals surface area (Å²) in [6.07, 6.45) is 28.4. The number of rotatable bonds is 24. The van der Waals surface area contributed by atoms with Gasteiger partial charge in [-0.15, -0.1) is 0 Å². The second-order valence-electron chi connectivity index (χ2n) is 9.21. The number of hydrogen-bond acceptors (Lipinski definition) is 3. The Kier molecular flexibility index (Phi) is 24.7. The molecule has 0 aliphatic rings. The molecule has 1 N–H and O–H groups in total. The number of carbonyl (C=O) groups is 1. The lowest BCUT2D eigenvalue weighted by atomic mass is 10.1. The predicted octanol–water partition coefficient (Wildman–Crippen LogP) is 8.68. The van der Waals surface area contributed by atoms with Crippen molar-refractivity contribution < 1.29 is 14.6 Å². The van der Waals surface area contributed by atoms with Crippen LogP contribution < -0.4 is 0 Å². The molecule has 0 spiro atoms. The van der Waals surface area contributed by atoms with Gasteiger partial charge in [-0.3, -0.25) is 4.79 Å². The average molecular weight is 439 g/mol. The van der Waals surface area contributed by atoms with E-state index in [9.17, 15) is 9.90 Å². The molecule has 0 rings (SSSR count). The third-order valence-corrected chi connectivity index (χ3v) is 5.98. The van der Waals surface area contributed by atoms with Crippen LogP contribution >= 0.6 is 0 Å². The summed E-state index contributed by atoms with van der Waals surface area (Å²) in [6, 6.07) is 0. The van der Waals surface area contributed by atoms with E-state index >= 15 is 0 Å². The Bertz CT molecular complexity index is 392. The maximum atomic E-state index is 11.8. The van der Waals surface area contributed by atoms with Gasteiger partial charge in [0.25, 0.3) is 0 Å². The van der Waals surface area contributed by atoms with E-state index in [4.69, 9.17) is 4.74 Å². The molecule has 184 valence electrons. The second kappa shape index (κ2) is 25.4. The fourth-order valence-electron chi connectivity index (χ4n) is 3.85. The van der Waals surface area contributed by atoms with Crippen LogP contribution in [0.15, 0.2) is 12.2 Å². The lowest BCUT2D eigenvalue weighted by Gasteiger charge is -2.07. The molecule has 0 unspecified atom stereocenters. The number of esters is 1. The summed E-state index contributed by atoms with van der Waals surface area (Å²) in [5.41, 5.74) is 0. The molecule has 0 fully saturated rings. The number of carbonyl (C=O) groups excluding carboxylic acids is 1. The van der Waals surface area contributed by atoms with Crippen LogP contribution in [0.25, 0.3) is 0 Å². The standard InChI is InChI=1S/C28H54O3/c1-3-5-7-9-10-15-18-22-26-31-28(30)25-21-17-14-12-11-13-16-20-24-27(29)23-19-8-6-4-2/h16,20,27,29H,3-15,17-19,21-26H2,1-2H3/t27-/m1/s1. The zero-order valence-corrected chi connectivity index (χ0v) is 21.1. The Labute approximate surface area is 194 Å². The highest BCUT2D eigenvalue weighted by Gasteiger charge is 2.03. The molecule has 0 saturated heterocycles. The summed E-state index contributed by atoms with van der Waals surface area (Å²) in [7, 11) is 0. The van der Waals surface area contributed by atoms with Gasteiger partial charge in [-0.25, -0.2) is 0 Å². The van der Waals surface area contributed by atoms with Crippen molar-refractivity contribution in [3.63, 3.8) is 0 Å². The van der Waals surface area contributed by atoms with Gasteiger partial charge in [0, 0.05) is 6.42 Å². The van der Waals surface area contributed by atoms with Gasteiger partial charge in [-0.2, -0.15) is 0 Å². The van der Waals surface area contributed by atoms with E-state index in [1.54, 1.807) is 0 Å². The van der Waals surface area contributed by atoms with Gasteiger partial charge in [-0.05, 0) is 38.5 Å². The third kappa shape index (κ3) is 25.3. The molecule has 3 nitrogen and oxygen atoms in total. The van der Waals surface area contributed by atoms with E-state index in [0.29, 0.717) is 13.0 Å². The molecule has 0 radical (unpaired) electrons. The van der Waals surface area contributed by atoms with Crippen molar-refractivity contribution in [1.82, 2.24) is 0 Å². The Morgan fingerprint density at radius 1 is 0.710 bits per heavy atom. The van der Waals surface area contributed by atoms with Crippen LogP contribution in [-0.2, 0) is 9.53 Å². The van der Waals surface area contributed by atoms with Crippen LogP contribution in [-0.4, -0.2) is 23.8 Å². The molecule has 0 aromatic rings. The largest absolute Gasteiger partial charge is 0.466 e. The van der Waals surface area contributed by atoms with Gasteiger partial charge >= 0.3 is 5.97 Å². The van der Waals surface area contributed by atoms with E-state index in [1.807, 2.05) is 0 Å². The molecule has 0 aromatic heterocycles. The summed E-state index contributed by atoms with van der Waals surface area (Å²) in [5, 5.41) is 9.93. The van der Waals surface area contributed by atoms with Gasteiger partial charge in [0.15, 0.2) is 0 Å². The quantitative estimate of drug-likeness (QED) is 0.0931. The molecule has 31 heavy (non-hydrogen) atoms. The number of hydrogen-bond donors (Lipinski definition) is 1. The fraction of sp³-hybridized carbons (Fsp3) is 0.893. The highest BCUT2D eigenvalue weighted by atomic mass is 16.5. The zero-order valence-electron chi connectivity index (χ0n) is 21.1. The van der Waals surface area contributed by atoms with Crippen LogP contribution in [0, 0.1) is 0 Å². The molecule has 0 aromatic carbocycles. The molecule has 1 atom stereocenters. The molecule has 0 aliphatic carbocycles. The molecular formula is C28H54O3. The predicted molar refractivity (Wildman–Crippen MR) is 134 cm³/mol. The topological polar surface area (TPSA) is 46.5 Å². The summed E-state index contributed by atoms with van der Waals surface area (Å²) in [6.45, 7) is 5.07. The van der Waals surface area contributed by atoms with E-state index in [0.717, 1.165) is 44.9 Å². The summed E-state index contributed by atoms with van der Waals surface area (Å²) in [4.78, 5) is 11.8. The molecule has 0 saturated carbocycles. The van der Waals surface area contributed by atoms with Crippen LogP contribution in [0.4, 0.5) is 0 Å². The molecule has 3 heteroatoms. The smallest absolute Gasteiger partial charge is 0.305 e. The molecule has 0 amide bonds. The minimum atomic E-state index is -0.164. The van der Waals surface area contributed by atoms with Crippen LogP contribution in [0.5, 0.6) is 0 Å². The number of unbranched alkanes of at least 4 members (excludes halogenated alkanes) is 15. The van der Waals surface area contributed by atoms with Gasteiger partial charge in [0.05, 0.1) is 12.7 Å². The highest BCUT2D eigenvalue weighted by Crippen LogP contribution is 2.11. The lowest BCUT2D eigenvalue weighted by molar-refractivity contribution is -0.143. The van der Waals surface area contributed by atoms with E-state index in [2.05, 4.69) is 26.0 Å². The Morgan fingerprint density at radius 3 is 1.94 bits per heavy atom. The Morgan fingerprint density at radius 2 is 1.26 bits per heavy atom. The van der Waals surface area contributed by atoms with E-state index in [1.165, 1.54) is 83.5 Å². The number of ether oxygens (including phenoxy) is 1. The van der Waals surface area contributed by atoms with Gasteiger partial charge in [0.2, 0.25) is 0 Å². The van der Waals surface area contributed by atoms with Crippen LogP contribution in [0.1, 0.15) is 149 Å². The van der Waals surface area contributed by atoms with Crippen molar-refractivity contribution >= 4 is 5.97 Å². The lowest BCUT2D eigenvalue weighted by Crippen LogP contribution is -2.05. The number of allylic oxidation sites excluding steroid dienone is 1. The van der Waals surface area contributed by atoms with E-state index < -0.39 is 0 Å². The van der Waals surface area contributed by atoms with Crippen molar-refractivity contribution in [3.05, 3.63) is 12.2 Å². The fourth-order valence-corrected chi connectivity index (χ4v) is 3.85. The number of aliphatic hydroxyl groups excluding tert-OH is 1. The average Bonchev–Trinajstić information content (AvgIpc) is 2.76. The minimum absolute atomic E-state index is 0.0147. The molecule has 0 heterocycles. The third-order valence-electron chi connectivity index (χ3n) is 5.98. The minimum Gasteiger partial charge on any atom is -0.466 e. The van der Waals surface area contributed by atoms with Crippen LogP contribution in [0.2, 0.25) is 0 Å². The van der Waals surface area contributed by atoms with Crippen LogP contribution in [0.3, 0.4) is 0 Å². The Balaban J connectivity index is 3.29. The highest BCUT2D eigenvalue weighted by molar-refractivity contribution is 5.69. The van der Waals surface area contributed by atoms with Crippen molar-refractivity contribution in [1.29, 1.82) is 0 Å². The molecule has 0 aliphatic heterocycles. The first kappa shape index (κ1) is 30.2. The van der Waals surface area contributed by atoms with Gasteiger partial charge in [-0.1, -0.05) is 116 Å². The monoisotopic (exact) mass is 438 g/mol. The normalized spacial score (nSPS) is 12.5. The second-order valence-corrected chi connectivity index (χ2v) is 9.21. The molecular weight excluding hydrogens is 384 g/mol. The number of aliphatic hydroxyl groups is 1. The summed E-state index contributed by atoms with van der Waals surface area (Å²) in [5.74, 6) is -0.0147. The maximum Gasteiger partial charge on any atom is 0.305 e. The van der Waals surface area contributed by atoms with Crippen molar-refractivity contribution in [2.75, 3.05) is 6.61 Å².